The Kier molecular flexibility index (Phi) is 6.96. The molecule has 0 aromatic heterocycles. The molecule has 1 aliphatic rings. The monoisotopic (exact) mass is 498 g/mol. The maximum atomic E-state index is 14.0. The quantitative estimate of drug-likeness (QED) is 0.361. The Morgan fingerprint density at radius 3 is 2.09 bits per heavy atom. The van der Waals surface area contributed by atoms with Crippen molar-refractivity contribution in [2.24, 2.45) is 0 Å². The van der Waals surface area contributed by atoms with Crippen molar-refractivity contribution in [2.45, 2.75) is 30.7 Å². The molecule has 0 saturated heterocycles. The number of carbonyl (C=O) groups excluding carboxylic acids is 2. The molecule has 4 rings (SSSR count). The van der Waals surface area contributed by atoms with Crippen molar-refractivity contribution in [2.75, 3.05) is 19.0 Å². The number of hydrogen-bond donors (Lipinski definition) is 0. The lowest BCUT2D eigenvalue weighted by Crippen LogP contribution is -2.59. The molecule has 3 aromatic rings. The average molecular weight is 499 g/mol. The third kappa shape index (κ3) is 4.42. The number of anilines is 1. The normalized spacial score (nSPS) is 19.6. The smallest absolute Gasteiger partial charge is 0.253 e. The van der Waals surface area contributed by atoms with Crippen LogP contribution in [0.15, 0.2) is 66.7 Å². The van der Waals surface area contributed by atoms with Gasteiger partial charge in [-0.1, -0.05) is 59.6 Å². The van der Waals surface area contributed by atoms with Crippen LogP contribution < -0.4 is 4.90 Å². The summed E-state index contributed by atoms with van der Waals surface area (Å²) in [7, 11) is 3.34. The van der Waals surface area contributed by atoms with Crippen LogP contribution in [0.2, 0.25) is 10.0 Å². The van der Waals surface area contributed by atoms with Crippen molar-refractivity contribution in [3.05, 3.63) is 88.2 Å². The van der Waals surface area contributed by atoms with Gasteiger partial charge in [0.15, 0.2) is 0 Å². The number of halogens is 3. The van der Waals surface area contributed by atoms with Gasteiger partial charge in [0.25, 0.3) is 5.91 Å². The van der Waals surface area contributed by atoms with Crippen LogP contribution in [-0.4, -0.2) is 36.9 Å². The van der Waals surface area contributed by atoms with Crippen molar-refractivity contribution in [3.63, 3.8) is 0 Å². The first-order chi connectivity index (χ1) is 16.3. The standard InChI is InChI=1S/C27H25Cl2FN2O2/c1-31(17-33)27(26(34)32(2)24-15-21(28)14-22(29)16-24)13-3-4-25(27)20-7-5-18(6-8-20)19-9-11-23(30)12-10-19/h5-12,14-17,25H,3-4,13H2,1-2H3. The molecule has 1 fully saturated rings. The first-order valence-electron chi connectivity index (χ1n) is 11.0. The van der Waals surface area contributed by atoms with Crippen LogP contribution in [-0.2, 0) is 9.59 Å². The SMILES string of the molecule is CN(C(=O)C1(N(C)C=O)CCCC1c1ccc(-c2ccc(F)cc2)cc1)c1cc(Cl)cc(Cl)c1. The first-order valence-corrected chi connectivity index (χ1v) is 11.8. The van der Waals surface area contributed by atoms with E-state index in [1.54, 1.807) is 44.4 Å². The molecule has 34 heavy (non-hydrogen) atoms. The third-order valence-corrected chi connectivity index (χ3v) is 7.25. The van der Waals surface area contributed by atoms with E-state index in [0.29, 0.717) is 22.2 Å². The summed E-state index contributed by atoms with van der Waals surface area (Å²) < 4.78 is 13.3. The van der Waals surface area contributed by atoms with Crippen LogP contribution in [0, 0.1) is 5.82 Å². The summed E-state index contributed by atoms with van der Waals surface area (Å²) in [4.78, 5) is 29.0. The van der Waals surface area contributed by atoms with Gasteiger partial charge in [-0.05, 0) is 66.3 Å². The number of hydrogen-bond acceptors (Lipinski definition) is 2. The van der Waals surface area contributed by atoms with E-state index in [2.05, 4.69) is 0 Å². The highest BCUT2D eigenvalue weighted by atomic mass is 35.5. The maximum absolute atomic E-state index is 14.0. The van der Waals surface area contributed by atoms with Gasteiger partial charge in [0.05, 0.1) is 0 Å². The predicted octanol–water partition coefficient (Wildman–Crippen LogP) is 6.56. The zero-order valence-corrected chi connectivity index (χ0v) is 20.5. The minimum absolute atomic E-state index is 0.186. The number of benzene rings is 3. The Morgan fingerprint density at radius 1 is 0.971 bits per heavy atom. The second kappa shape index (κ2) is 9.77. The highest BCUT2D eigenvalue weighted by Crippen LogP contribution is 2.47. The highest BCUT2D eigenvalue weighted by molar-refractivity contribution is 6.35. The fourth-order valence-electron chi connectivity index (χ4n) is 5.04. The molecule has 0 heterocycles. The van der Waals surface area contributed by atoms with Gasteiger partial charge in [-0.3, -0.25) is 9.59 Å². The molecule has 0 aliphatic heterocycles. The molecule has 2 atom stereocenters. The molecule has 1 saturated carbocycles. The van der Waals surface area contributed by atoms with Gasteiger partial charge in [-0.25, -0.2) is 4.39 Å². The molecule has 0 spiro atoms. The number of likely N-dealkylation sites (N-methyl/N-ethyl adjacent to an activating group) is 2. The summed E-state index contributed by atoms with van der Waals surface area (Å²) in [6, 6.07) is 19.2. The lowest BCUT2D eigenvalue weighted by atomic mass is 9.79. The molecule has 2 amide bonds. The molecular weight excluding hydrogens is 474 g/mol. The second-order valence-electron chi connectivity index (χ2n) is 8.71. The van der Waals surface area contributed by atoms with Crippen LogP contribution in [0.1, 0.15) is 30.7 Å². The van der Waals surface area contributed by atoms with Crippen molar-refractivity contribution in [1.82, 2.24) is 4.90 Å². The van der Waals surface area contributed by atoms with E-state index in [1.807, 2.05) is 24.3 Å². The summed E-state index contributed by atoms with van der Waals surface area (Å²) in [6.45, 7) is 0. The molecule has 176 valence electrons. The molecule has 0 bridgehead atoms. The Bertz CT molecular complexity index is 1180. The zero-order chi connectivity index (χ0) is 24.5. The molecule has 3 aromatic carbocycles. The van der Waals surface area contributed by atoms with Gasteiger partial charge in [0, 0.05) is 35.7 Å². The molecule has 7 heteroatoms. The Balaban J connectivity index is 1.71. The summed E-state index contributed by atoms with van der Waals surface area (Å²) in [6.07, 6.45) is 2.84. The average Bonchev–Trinajstić information content (AvgIpc) is 3.28. The number of amides is 2. The van der Waals surface area contributed by atoms with Gasteiger partial charge in [-0.2, -0.15) is 0 Å². The largest absolute Gasteiger partial charge is 0.333 e. The highest BCUT2D eigenvalue weighted by Gasteiger charge is 2.53. The van der Waals surface area contributed by atoms with Crippen molar-refractivity contribution in [3.8, 4) is 11.1 Å². The summed E-state index contributed by atoms with van der Waals surface area (Å²) in [5.41, 5.74) is 2.36. The van der Waals surface area contributed by atoms with Crippen LogP contribution >= 0.6 is 23.2 Å². The van der Waals surface area contributed by atoms with E-state index >= 15 is 0 Å². The predicted molar refractivity (Wildman–Crippen MR) is 135 cm³/mol. The Labute approximate surface area is 208 Å². The van der Waals surface area contributed by atoms with E-state index in [0.717, 1.165) is 35.9 Å². The van der Waals surface area contributed by atoms with E-state index in [1.165, 1.54) is 21.9 Å². The van der Waals surface area contributed by atoms with Crippen molar-refractivity contribution < 1.29 is 14.0 Å². The summed E-state index contributed by atoms with van der Waals surface area (Å²) in [5.74, 6) is -0.656. The van der Waals surface area contributed by atoms with Gasteiger partial charge < -0.3 is 9.80 Å². The minimum Gasteiger partial charge on any atom is -0.333 e. The number of nitrogens with zero attached hydrogens (tertiary/aromatic N) is 2. The molecule has 1 aliphatic carbocycles. The fourth-order valence-corrected chi connectivity index (χ4v) is 5.56. The van der Waals surface area contributed by atoms with E-state index in [-0.39, 0.29) is 17.6 Å². The lowest BCUT2D eigenvalue weighted by Gasteiger charge is -2.42. The van der Waals surface area contributed by atoms with Crippen molar-refractivity contribution in [1.29, 1.82) is 0 Å². The maximum Gasteiger partial charge on any atom is 0.253 e. The van der Waals surface area contributed by atoms with Gasteiger partial charge in [0.1, 0.15) is 11.4 Å². The molecule has 0 N–H and O–H groups in total. The van der Waals surface area contributed by atoms with Crippen LogP contribution in [0.25, 0.3) is 11.1 Å². The van der Waals surface area contributed by atoms with E-state index < -0.39 is 5.54 Å². The molecule has 0 radical (unpaired) electrons. The zero-order valence-electron chi connectivity index (χ0n) is 19.0. The first kappa shape index (κ1) is 24.2. The van der Waals surface area contributed by atoms with E-state index in [4.69, 9.17) is 23.2 Å². The van der Waals surface area contributed by atoms with Crippen molar-refractivity contribution >= 4 is 41.2 Å². The van der Waals surface area contributed by atoms with Gasteiger partial charge in [-0.15, -0.1) is 0 Å². The second-order valence-corrected chi connectivity index (χ2v) is 9.58. The number of carbonyl (C=O) groups is 2. The van der Waals surface area contributed by atoms with Crippen LogP contribution in [0.3, 0.4) is 0 Å². The van der Waals surface area contributed by atoms with Crippen LogP contribution in [0.5, 0.6) is 0 Å². The minimum atomic E-state index is -1.04. The van der Waals surface area contributed by atoms with Crippen LogP contribution in [0.4, 0.5) is 10.1 Å². The summed E-state index contributed by atoms with van der Waals surface area (Å²) >= 11 is 12.3. The molecule has 2 unspecified atom stereocenters. The lowest BCUT2D eigenvalue weighted by molar-refractivity contribution is -0.137. The Hall–Kier alpha value is -2.89. The Morgan fingerprint density at radius 2 is 1.53 bits per heavy atom. The number of rotatable bonds is 6. The topological polar surface area (TPSA) is 40.6 Å². The third-order valence-electron chi connectivity index (χ3n) is 6.81. The summed E-state index contributed by atoms with van der Waals surface area (Å²) in [5, 5.41) is 0.860. The van der Waals surface area contributed by atoms with E-state index in [9.17, 15) is 14.0 Å². The van der Waals surface area contributed by atoms with Gasteiger partial charge in [0.2, 0.25) is 6.41 Å². The molecular formula is C27H25Cl2FN2O2. The van der Waals surface area contributed by atoms with Gasteiger partial charge >= 0.3 is 0 Å². The molecule has 4 nitrogen and oxygen atoms in total. The fraction of sp³-hybridized carbons (Fsp3) is 0.259.